The van der Waals surface area contributed by atoms with E-state index in [1.54, 1.807) is 6.20 Å². The maximum atomic E-state index is 11.7. The summed E-state index contributed by atoms with van der Waals surface area (Å²) in [6, 6.07) is 1.75. The van der Waals surface area contributed by atoms with Crippen LogP contribution in [0.25, 0.3) is 0 Å². The van der Waals surface area contributed by atoms with Crippen molar-refractivity contribution in [2.45, 2.75) is 39.2 Å². The molecule has 0 aromatic carbocycles. The third-order valence-corrected chi connectivity index (χ3v) is 3.25. The summed E-state index contributed by atoms with van der Waals surface area (Å²) < 4.78 is 0.929. The van der Waals surface area contributed by atoms with Crippen LogP contribution in [0.1, 0.15) is 31.7 Å². The maximum Gasteiger partial charge on any atom is 0.227 e. The highest BCUT2D eigenvalue weighted by Crippen LogP contribution is 2.17. The maximum absolute atomic E-state index is 11.7. The first-order valence-electron chi connectivity index (χ1n) is 5.70. The Hall–Kier alpha value is -0.940. The number of rotatable bonds is 5. The van der Waals surface area contributed by atoms with Crippen molar-refractivity contribution in [2.75, 3.05) is 5.32 Å². The molecule has 0 aliphatic heterocycles. The van der Waals surface area contributed by atoms with Crippen LogP contribution in [-0.2, 0) is 4.79 Å². The summed E-state index contributed by atoms with van der Waals surface area (Å²) in [6.07, 6.45) is 3.87. The lowest BCUT2D eigenvalue weighted by molar-refractivity contribution is -0.116. The van der Waals surface area contributed by atoms with Crippen molar-refractivity contribution in [3.8, 4) is 0 Å². The molecule has 17 heavy (non-hydrogen) atoms. The van der Waals surface area contributed by atoms with Gasteiger partial charge in [-0.2, -0.15) is 0 Å². The fraction of sp³-hybridized carbons (Fsp3) is 0.500. The Bertz CT molecular complexity index is 395. The summed E-state index contributed by atoms with van der Waals surface area (Å²) in [7, 11) is 0. The second kappa shape index (κ2) is 6.71. The fourth-order valence-corrected chi connectivity index (χ4v) is 1.73. The van der Waals surface area contributed by atoms with Gasteiger partial charge in [-0.25, -0.2) is 4.98 Å². The van der Waals surface area contributed by atoms with E-state index < -0.39 is 0 Å². The number of hydrogen-bond donors (Lipinski definition) is 2. The molecule has 94 valence electrons. The van der Waals surface area contributed by atoms with Crippen LogP contribution in [0.5, 0.6) is 0 Å². The monoisotopic (exact) mass is 299 g/mol. The van der Waals surface area contributed by atoms with Crippen LogP contribution < -0.4 is 11.1 Å². The minimum absolute atomic E-state index is 0.0726. The normalized spacial score (nSPS) is 12.2. The quantitative estimate of drug-likeness (QED) is 0.878. The first-order valence-corrected chi connectivity index (χ1v) is 6.49. The zero-order chi connectivity index (χ0) is 12.8. The molecular weight excluding hydrogens is 282 g/mol. The average Bonchev–Trinajstić information content (AvgIpc) is 2.23. The van der Waals surface area contributed by atoms with Crippen molar-refractivity contribution < 1.29 is 4.79 Å². The third-order valence-electron chi connectivity index (χ3n) is 2.42. The topological polar surface area (TPSA) is 68.0 Å². The van der Waals surface area contributed by atoms with Crippen molar-refractivity contribution in [1.82, 2.24) is 4.98 Å². The molecule has 0 bridgehead atoms. The van der Waals surface area contributed by atoms with Gasteiger partial charge in [-0.3, -0.25) is 4.79 Å². The standard InChI is InChI=1S/C12H18BrN3O/c1-3-4-9(14)6-12(17)16-11-5-8(2)10(13)7-15-11/h5,7,9H,3-4,6,14H2,1-2H3,(H,15,16,17). The Balaban J connectivity index is 2.53. The number of carbonyl (C=O) groups excluding carboxylic acids is 1. The first kappa shape index (κ1) is 14.1. The van der Waals surface area contributed by atoms with Gasteiger partial charge in [0.2, 0.25) is 5.91 Å². The van der Waals surface area contributed by atoms with Gasteiger partial charge in [0.05, 0.1) is 0 Å². The zero-order valence-corrected chi connectivity index (χ0v) is 11.8. The lowest BCUT2D eigenvalue weighted by Crippen LogP contribution is -2.27. The molecule has 5 heteroatoms. The molecule has 0 aliphatic rings. The molecule has 0 saturated heterocycles. The van der Waals surface area contributed by atoms with Crippen LogP contribution in [0, 0.1) is 6.92 Å². The Morgan fingerprint density at radius 2 is 2.35 bits per heavy atom. The molecule has 3 N–H and O–H groups in total. The van der Waals surface area contributed by atoms with Crippen molar-refractivity contribution in [2.24, 2.45) is 5.73 Å². The van der Waals surface area contributed by atoms with Gasteiger partial charge in [-0.05, 0) is 40.9 Å². The molecule has 0 aliphatic carbocycles. The minimum Gasteiger partial charge on any atom is -0.327 e. The van der Waals surface area contributed by atoms with E-state index in [1.807, 2.05) is 13.0 Å². The molecule has 0 fully saturated rings. The largest absolute Gasteiger partial charge is 0.327 e. The fourth-order valence-electron chi connectivity index (χ4n) is 1.51. The molecule has 1 aromatic heterocycles. The van der Waals surface area contributed by atoms with Crippen molar-refractivity contribution in [3.05, 3.63) is 22.3 Å². The number of pyridine rings is 1. The SMILES string of the molecule is CCCC(N)CC(=O)Nc1cc(C)c(Br)cn1. The van der Waals surface area contributed by atoms with E-state index in [0.29, 0.717) is 12.2 Å². The van der Waals surface area contributed by atoms with Crippen LogP contribution in [0.15, 0.2) is 16.7 Å². The molecule has 0 radical (unpaired) electrons. The van der Waals surface area contributed by atoms with Gasteiger partial charge in [0.1, 0.15) is 5.82 Å². The number of nitrogens with one attached hydrogen (secondary N) is 1. The Labute approximate surface area is 110 Å². The van der Waals surface area contributed by atoms with Gasteiger partial charge < -0.3 is 11.1 Å². The number of anilines is 1. The highest BCUT2D eigenvalue weighted by atomic mass is 79.9. The van der Waals surface area contributed by atoms with E-state index in [9.17, 15) is 4.79 Å². The van der Waals surface area contributed by atoms with E-state index in [2.05, 4.69) is 33.2 Å². The number of aryl methyl sites for hydroxylation is 1. The Morgan fingerprint density at radius 1 is 1.65 bits per heavy atom. The molecule has 1 unspecified atom stereocenters. The van der Waals surface area contributed by atoms with Crippen molar-refractivity contribution in [1.29, 1.82) is 0 Å². The van der Waals surface area contributed by atoms with Crippen LogP contribution in [0.3, 0.4) is 0 Å². The summed E-state index contributed by atoms with van der Waals surface area (Å²) in [5, 5.41) is 2.75. The van der Waals surface area contributed by atoms with E-state index in [0.717, 1.165) is 22.9 Å². The highest BCUT2D eigenvalue weighted by molar-refractivity contribution is 9.10. The van der Waals surface area contributed by atoms with Gasteiger partial charge >= 0.3 is 0 Å². The van der Waals surface area contributed by atoms with Crippen molar-refractivity contribution in [3.63, 3.8) is 0 Å². The van der Waals surface area contributed by atoms with Gasteiger partial charge in [-0.1, -0.05) is 13.3 Å². The van der Waals surface area contributed by atoms with E-state index >= 15 is 0 Å². The van der Waals surface area contributed by atoms with E-state index in [1.165, 1.54) is 0 Å². The molecular formula is C12H18BrN3O. The molecule has 0 spiro atoms. The molecule has 1 heterocycles. The van der Waals surface area contributed by atoms with Crippen LogP contribution >= 0.6 is 15.9 Å². The number of aromatic nitrogens is 1. The summed E-state index contributed by atoms with van der Waals surface area (Å²) in [6.45, 7) is 4.00. The number of carbonyl (C=O) groups is 1. The molecule has 1 rings (SSSR count). The summed E-state index contributed by atoms with van der Waals surface area (Å²) in [5.74, 6) is 0.486. The highest BCUT2D eigenvalue weighted by Gasteiger charge is 2.09. The van der Waals surface area contributed by atoms with Crippen LogP contribution in [0.4, 0.5) is 5.82 Å². The van der Waals surface area contributed by atoms with Gasteiger partial charge in [-0.15, -0.1) is 0 Å². The van der Waals surface area contributed by atoms with E-state index in [4.69, 9.17) is 5.73 Å². The predicted octanol–water partition coefficient (Wildman–Crippen LogP) is 2.61. The number of nitrogens with two attached hydrogens (primary N) is 1. The predicted molar refractivity (Wildman–Crippen MR) is 72.8 cm³/mol. The van der Waals surface area contributed by atoms with Gasteiger partial charge in [0, 0.05) is 23.1 Å². The molecule has 4 nitrogen and oxygen atoms in total. The second-order valence-corrected chi connectivity index (χ2v) is 4.97. The lowest BCUT2D eigenvalue weighted by atomic mass is 10.1. The number of nitrogens with zero attached hydrogens (tertiary/aromatic N) is 1. The van der Waals surface area contributed by atoms with E-state index in [-0.39, 0.29) is 11.9 Å². The number of halogens is 1. The van der Waals surface area contributed by atoms with Crippen LogP contribution in [0.2, 0.25) is 0 Å². The molecule has 0 saturated carbocycles. The minimum atomic E-state index is -0.0832. The lowest BCUT2D eigenvalue weighted by Gasteiger charge is -2.10. The zero-order valence-electron chi connectivity index (χ0n) is 10.2. The molecule has 1 aromatic rings. The third kappa shape index (κ3) is 4.83. The average molecular weight is 300 g/mol. The summed E-state index contributed by atoms with van der Waals surface area (Å²) in [5.41, 5.74) is 6.84. The second-order valence-electron chi connectivity index (χ2n) is 4.12. The number of hydrogen-bond acceptors (Lipinski definition) is 3. The number of amides is 1. The summed E-state index contributed by atoms with van der Waals surface area (Å²) >= 11 is 3.36. The smallest absolute Gasteiger partial charge is 0.227 e. The molecule has 1 atom stereocenters. The first-order chi connectivity index (χ1) is 8.02. The Kier molecular flexibility index (Phi) is 5.58. The Morgan fingerprint density at radius 3 is 2.94 bits per heavy atom. The van der Waals surface area contributed by atoms with Crippen molar-refractivity contribution >= 4 is 27.7 Å². The molecule has 1 amide bonds. The summed E-state index contributed by atoms with van der Waals surface area (Å²) in [4.78, 5) is 15.8. The van der Waals surface area contributed by atoms with Gasteiger partial charge in [0.25, 0.3) is 0 Å². The van der Waals surface area contributed by atoms with Crippen LogP contribution in [-0.4, -0.2) is 16.9 Å². The van der Waals surface area contributed by atoms with Gasteiger partial charge in [0.15, 0.2) is 0 Å².